The van der Waals surface area contributed by atoms with Gasteiger partial charge >= 0.3 is 5.97 Å². The second kappa shape index (κ2) is 13.3. The lowest BCUT2D eigenvalue weighted by atomic mass is 9.77. The van der Waals surface area contributed by atoms with E-state index < -0.39 is 42.8 Å². The topological polar surface area (TPSA) is 207 Å². The van der Waals surface area contributed by atoms with E-state index in [-0.39, 0.29) is 29.9 Å². The van der Waals surface area contributed by atoms with E-state index in [1.54, 1.807) is 26.3 Å². The van der Waals surface area contributed by atoms with Crippen LogP contribution >= 0.6 is 0 Å². The molecule has 2 aromatic rings. The number of esters is 1. The molecule has 0 spiro atoms. The van der Waals surface area contributed by atoms with Crippen LogP contribution in [0.2, 0.25) is 0 Å². The van der Waals surface area contributed by atoms with Crippen LogP contribution in [0.3, 0.4) is 0 Å². The Morgan fingerprint density at radius 1 is 1.29 bits per heavy atom. The van der Waals surface area contributed by atoms with Gasteiger partial charge in [0.1, 0.15) is 47.5 Å². The Morgan fingerprint density at radius 3 is 2.82 bits per heavy atom. The van der Waals surface area contributed by atoms with Gasteiger partial charge in [-0.25, -0.2) is 9.78 Å². The first-order chi connectivity index (χ1) is 23.7. The van der Waals surface area contributed by atoms with Gasteiger partial charge < -0.3 is 49.3 Å². The molecular formula is C33H44N8O8. The number of methoxy groups -OCH3 is 1. The highest BCUT2D eigenvalue weighted by Crippen LogP contribution is 2.54. The van der Waals surface area contributed by atoms with Gasteiger partial charge in [0.25, 0.3) is 0 Å². The molecule has 5 atom stereocenters. The smallest absolute Gasteiger partial charge is 0.374 e. The highest BCUT2D eigenvalue weighted by molar-refractivity contribution is 5.96. The van der Waals surface area contributed by atoms with Crippen molar-refractivity contribution in [3.8, 4) is 17.2 Å². The van der Waals surface area contributed by atoms with Gasteiger partial charge in [-0.15, -0.1) is 0 Å². The number of carbonyl (C=O) groups is 2. The monoisotopic (exact) mass is 680 g/mol. The number of imidazole rings is 1. The Balaban J connectivity index is 1.27. The molecule has 16 nitrogen and oxygen atoms in total. The predicted molar refractivity (Wildman–Crippen MR) is 176 cm³/mol. The second-order valence-corrected chi connectivity index (χ2v) is 13.0. The number of ether oxygens (including phenoxy) is 4. The summed E-state index contributed by atoms with van der Waals surface area (Å²) in [5, 5.41) is 35.0. The summed E-state index contributed by atoms with van der Waals surface area (Å²) in [4.78, 5) is 32.1. The minimum Gasteiger partial charge on any atom is -0.496 e. The van der Waals surface area contributed by atoms with E-state index in [9.17, 15) is 19.8 Å². The van der Waals surface area contributed by atoms with Crippen LogP contribution in [-0.2, 0) is 33.9 Å². The van der Waals surface area contributed by atoms with Crippen molar-refractivity contribution in [2.75, 3.05) is 38.4 Å². The number of aliphatic hydroxyl groups is 2. The first-order valence-corrected chi connectivity index (χ1v) is 16.7. The lowest BCUT2D eigenvalue weighted by molar-refractivity contribution is -0.141. The van der Waals surface area contributed by atoms with Crippen molar-refractivity contribution in [1.82, 2.24) is 30.8 Å². The molecule has 3 fully saturated rings. The Labute approximate surface area is 283 Å². The molecule has 0 unspecified atom stereocenters. The lowest BCUT2D eigenvalue weighted by Gasteiger charge is -2.39. The molecule has 1 aromatic carbocycles. The molecular weight excluding hydrogens is 636 g/mol. The molecule has 8 N–H and O–H groups in total. The second-order valence-electron chi connectivity index (χ2n) is 13.0. The largest absolute Gasteiger partial charge is 0.496 e. The molecule has 49 heavy (non-hydrogen) atoms. The highest BCUT2D eigenvalue weighted by atomic mass is 16.6. The number of nitrogens with zero attached hydrogens (tertiary/aromatic N) is 3. The minimum absolute atomic E-state index is 0.0226. The van der Waals surface area contributed by atoms with Crippen LogP contribution in [0.15, 0.2) is 30.3 Å². The maximum absolute atomic E-state index is 13.1. The summed E-state index contributed by atoms with van der Waals surface area (Å²) < 4.78 is 25.9. The van der Waals surface area contributed by atoms with E-state index >= 15 is 0 Å². The fourth-order valence-corrected chi connectivity index (χ4v) is 7.62. The third-order valence-electron chi connectivity index (χ3n) is 10.2. The maximum Gasteiger partial charge on any atom is 0.374 e. The molecule has 264 valence electrons. The summed E-state index contributed by atoms with van der Waals surface area (Å²) in [6.45, 7) is 5.52. The Morgan fingerprint density at radius 2 is 2.08 bits per heavy atom. The van der Waals surface area contributed by atoms with Crippen molar-refractivity contribution in [2.45, 2.75) is 76.5 Å². The molecule has 0 radical (unpaired) electrons. The van der Waals surface area contributed by atoms with E-state index in [1.165, 1.54) is 0 Å². The van der Waals surface area contributed by atoms with Gasteiger partial charge in [0.2, 0.25) is 17.6 Å². The van der Waals surface area contributed by atoms with Crippen molar-refractivity contribution in [3.63, 3.8) is 0 Å². The zero-order valence-corrected chi connectivity index (χ0v) is 27.8. The molecule has 7 rings (SSSR count). The predicted octanol–water partition coefficient (Wildman–Crippen LogP) is -0.615. The van der Waals surface area contributed by atoms with Crippen LogP contribution in [-0.4, -0.2) is 95.3 Å². The summed E-state index contributed by atoms with van der Waals surface area (Å²) in [6, 6.07) is -0.509. The number of nitrogens with one attached hydrogen (secondary N) is 4. The first-order valence-electron chi connectivity index (χ1n) is 16.7. The van der Waals surface area contributed by atoms with E-state index in [0.717, 1.165) is 25.9 Å². The van der Waals surface area contributed by atoms with Gasteiger partial charge in [0.15, 0.2) is 0 Å². The summed E-state index contributed by atoms with van der Waals surface area (Å²) in [7, 11) is 1.55. The third kappa shape index (κ3) is 5.81. The summed E-state index contributed by atoms with van der Waals surface area (Å²) in [5.74, 6) is 0.786. The van der Waals surface area contributed by atoms with Crippen molar-refractivity contribution in [1.29, 1.82) is 0 Å². The van der Waals surface area contributed by atoms with Crippen LogP contribution in [0, 0.1) is 5.92 Å². The van der Waals surface area contributed by atoms with Gasteiger partial charge in [-0.1, -0.05) is 6.08 Å². The number of hydrogen-bond acceptors (Lipinski definition) is 14. The van der Waals surface area contributed by atoms with Crippen molar-refractivity contribution < 1.29 is 38.7 Å². The first kappa shape index (κ1) is 33.3. The SMILES string of the molecule is CCOC(=O)C1=C/C(=C\Cn2ccnc2N2CN[C@H]3C(=O)N[C@@H](N)N[C@@H]32)c2c(OC)c3c(c(CO)c2O1)O[C@H]([C@](C)(O)C1CCNCC1)C3. The Bertz CT molecular complexity index is 1680. The molecule has 0 saturated carbocycles. The van der Waals surface area contributed by atoms with Gasteiger partial charge in [0, 0.05) is 30.9 Å². The number of allylic oxidation sites excluding steroid dienone is 3. The number of benzene rings is 1. The number of rotatable bonds is 9. The Hall–Kier alpha value is -4.19. The van der Waals surface area contributed by atoms with Gasteiger partial charge in [-0.2, -0.15) is 0 Å². The zero-order valence-electron chi connectivity index (χ0n) is 27.8. The average Bonchev–Trinajstić information content (AvgIpc) is 3.85. The standard InChI is InChI=1S/C33H44N8O8/c1-4-47-30(44)21-13-17(7-11-40-12-10-36-32(40)41-16-37-24-28(41)38-31(34)39-29(24)43)23-26(46-3)19-14-22(33(2,45)18-5-8-35-9-6-18)49-25(19)20(15-42)27(23)48-21/h7,10,12-13,18,22,24,28,31,35,37-38,42,45H,4-6,8-9,11,14-16,34H2,1-3H3,(H,39,43)/b17-7+/t22-,24+,28+,31-,33+/m0/s1. The molecule has 3 saturated heterocycles. The molecule has 16 heteroatoms. The zero-order chi connectivity index (χ0) is 34.4. The fraction of sp³-hybridized carbons (Fsp3) is 0.545. The summed E-state index contributed by atoms with van der Waals surface area (Å²) in [5.41, 5.74) is 7.07. The van der Waals surface area contributed by atoms with Crippen LogP contribution in [0.4, 0.5) is 5.95 Å². The molecule has 6 heterocycles. The number of fused-ring (bicyclic) bond motifs is 3. The van der Waals surface area contributed by atoms with Crippen LogP contribution in [0.5, 0.6) is 17.2 Å². The number of aromatic nitrogens is 2. The number of amides is 1. The molecule has 0 aliphatic carbocycles. The maximum atomic E-state index is 13.1. The Kier molecular flexibility index (Phi) is 9.02. The van der Waals surface area contributed by atoms with Gasteiger partial charge in [-0.05, 0) is 57.3 Å². The van der Waals surface area contributed by atoms with Gasteiger partial charge in [-0.3, -0.25) is 21.2 Å². The van der Waals surface area contributed by atoms with Crippen molar-refractivity contribution >= 4 is 23.4 Å². The fourth-order valence-electron chi connectivity index (χ4n) is 7.62. The molecule has 1 aromatic heterocycles. The highest BCUT2D eigenvalue weighted by Gasteiger charge is 2.48. The number of piperidine rings is 1. The normalized spacial score (nSPS) is 26.9. The van der Waals surface area contributed by atoms with Gasteiger partial charge in [0.05, 0.1) is 38.1 Å². The van der Waals surface area contributed by atoms with E-state index in [2.05, 4.69) is 26.3 Å². The van der Waals surface area contributed by atoms with Crippen LogP contribution in [0.1, 0.15) is 43.4 Å². The van der Waals surface area contributed by atoms with Crippen LogP contribution in [0.25, 0.3) is 5.57 Å². The molecule has 5 aliphatic heterocycles. The van der Waals surface area contributed by atoms with E-state index in [4.69, 9.17) is 24.7 Å². The number of aliphatic hydroxyl groups excluding tert-OH is 1. The van der Waals surface area contributed by atoms with Crippen molar-refractivity contribution in [2.24, 2.45) is 11.7 Å². The van der Waals surface area contributed by atoms with Crippen molar-refractivity contribution in [3.05, 3.63) is 47.0 Å². The lowest BCUT2D eigenvalue weighted by Crippen LogP contribution is -2.70. The van der Waals surface area contributed by atoms with Crippen LogP contribution < -0.4 is 46.1 Å². The third-order valence-corrected chi connectivity index (χ3v) is 10.2. The van der Waals surface area contributed by atoms with E-state index in [1.807, 2.05) is 28.7 Å². The number of nitrogens with two attached hydrogens (primary N) is 1. The number of carbonyl (C=O) groups excluding carboxylic acids is 2. The summed E-state index contributed by atoms with van der Waals surface area (Å²) in [6.07, 6.45) is 7.28. The molecule has 5 aliphatic rings. The quantitative estimate of drug-likeness (QED) is 0.165. The average molecular weight is 681 g/mol. The molecule has 0 bridgehead atoms. The number of anilines is 1. The number of hydrogen-bond donors (Lipinski definition) is 7. The molecule has 1 amide bonds. The summed E-state index contributed by atoms with van der Waals surface area (Å²) >= 11 is 0. The minimum atomic E-state index is -1.15. The van der Waals surface area contributed by atoms with E-state index in [0.29, 0.717) is 59.3 Å².